The highest BCUT2D eigenvalue weighted by atomic mass is 16.4. The minimum absolute atomic E-state index is 0.0853. The smallest absolute Gasteiger partial charge is 0.336 e. The average molecular weight is 383 g/mol. The number of hydrogen-bond donors (Lipinski definition) is 2. The molecule has 0 unspecified atom stereocenters. The van der Waals surface area contributed by atoms with E-state index in [0.717, 1.165) is 29.6 Å². The van der Waals surface area contributed by atoms with E-state index in [0.29, 0.717) is 37.4 Å². The van der Waals surface area contributed by atoms with Crippen LogP contribution in [0.25, 0.3) is 11.0 Å². The van der Waals surface area contributed by atoms with E-state index in [-0.39, 0.29) is 11.7 Å². The summed E-state index contributed by atoms with van der Waals surface area (Å²) in [7, 11) is 0. The van der Waals surface area contributed by atoms with Crippen molar-refractivity contribution in [2.45, 2.75) is 19.9 Å². The SMILES string of the molecule is CCc1cc2c(C[NH+]3CCN(C(=O)c4ccco4)CC3)cc(=O)oc2cc1O. The number of rotatable bonds is 4. The van der Waals surface area contributed by atoms with Gasteiger partial charge in [0.25, 0.3) is 5.91 Å². The number of furan rings is 1. The quantitative estimate of drug-likeness (QED) is 0.661. The highest BCUT2D eigenvalue weighted by molar-refractivity contribution is 5.91. The van der Waals surface area contributed by atoms with E-state index in [1.54, 1.807) is 17.0 Å². The van der Waals surface area contributed by atoms with Crippen LogP contribution in [-0.2, 0) is 13.0 Å². The Hall–Kier alpha value is -3.06. The molecule has 0 bridgehead atoms. The Labute approximate surface area is 161 Å². The molecule has 1 aromatic carbocycles. The first-order chi connectivity index (χ1) is 13.5. The normalized spacial score (nSPS) is 15.2. The van der Waals surface area contributed by atoms with Crippen LogP contribution in [0.2, 0.25) is 0 Å². The minimum Gasteiger partial charge on any atom is -0.508 e. The minimum atomic E-state index is -0.419. The molecule has 28 heavy (non-hydrogen) atoms. The van der Waals surface area contributed by atoms with Crippen LogP contribution in [0.15, 0.2) is 50.2 Å². The molecule has 0 aliphatic carbocycles. The van der Waals surface area contributed by atoms with Crippen molar-refractivity contribution in [1.29, 1.82) is 0 Å². The van der Waals surface area contributed by atoms with Gasteiger partial charge in [0.15, 0.2) is 5.76 Å². The predicted molar refractivity (Wildman–Crippen MR) is 103 cm³/mol. The zero-order chi connectivity index (χ0) is 19.7. The molecule has 1 aliphatic rings. The zero-order valence-electron chi connectivity index (χ0n) is 15.7. The third kappa shape index (κ3) is 3.53. The van der Waals surface area contributed by atoms with Gasteiger partial charge in [-0.3, -0.25) is 4.79 Å². The standard InChI is InChI=1S/C21H22N2O5/c1-2-14-10-16-15(11-20(25)28-19(16)12-17(14)24)13-22-5-7-23(8-6-22)21(26)18-4-3-9-27-18/h3-4,9-12,24H,2,5-8,13H2,1H3/p+1. The summed E-state index contributed by atoms with van der Waals surface area (Å²) in [4.78, 5) is 27.4. The van der Waals surface area contributed by atoms with E-state index in [1.165, 1.54) is 23.3 Å². The lowest BCUT2D eigenvalue weighted by Gasteiger charge is -2.31. The molecule has 0 saturated carbocycles. The van der Waals surface area contributed by atoms with E-state index in [9.17, 15) is 14.7 Å². The molecule has 1 saturated heterocycles. The summed E-state index contributed by atoms with van der Waals surface area (Å²) in [6.45, 7) is 5.48. The van der Waals surface area contributed by atoms with Crippen LogP contribution in [0.4, 0.5) is 0 Å². The van der Waals surface area contributed by atoms with Crippen molar-refractivity contribution in [2.24, 2.45) is 0 Å². The molecule has 0 atom stereocenters. The summed E-state index contributed by atoms with van der Waals surface area (Å²) in [5.41, 5.74) is 1.72. The molecule has 1 amide bonds. The number of hydrogen-bond acceptors (Lipinski definition) is 5. The van der Waals surface area contributed by atoms with Gasteiger partial charge in [-0.05, 0) is 30.2 Å². The second-order valence-corrected chi connectivity index (χ2v) is 7.12. The molecule has 1 aliphatic heterocycles. The molecule has 3 aromatic rings. The van der Waals surface area contributed by atoms with Gasteiger partial charge in [0, 0.05) is 23.1 Å². The number of aromatic hydroxyl groups is 1. The van der Waals surface area contributed by atoms with Crippen molar-refractivity contribution >= 4 is 16.9 Å². The van der Waals surface area contributed by atoms with Crippen molar-refractivity contribution in [3.63, 3.8) is 0 Å². The van der Waals surface area contributed by atoms with Crippen molar-refractivity contribution in [2.75, 3.05) is 26.2 Å². The fraction of sp³-hybridized carbons (Fsp3) is 0.333. The van der Waals surface area contributed by atoms with Crippen molar-refractivity contribution in [3.05, 3.63) is 63.9 Å². The number of nitrogens with one attached hydrogen (secondary N) is 1. The molecule has 3 heterocycles. The van der Waals surface area contributed by atoms with E-state index >= 15 is 0 Å². The molecule has 4 rings (SSSR count). The summed E-state index contributed by atoms with van der Waals surface area (Å²) in [6, 6.07) is 8.35. The van der Waals surface area contributed by atoms with Crippen LogP contribution in [-0.4, -0.2) is 42.1 Å². The fourth-order valence-corrected chi connectivity index (χ4v) is 3.76. The van der Waals surface area contributed by atoms with Gasteiger partial charge in [0.1, 0.15) is 17.9 Å². The van der Waals surface area contributed by atoms with E-state index in [4.69, 9.17) is 8.83 Å². The van der Waals surface area contributed by atoms with Gasteiger partial charge in [-0.1, -0.05) is 6.92 Å². The third-order valence-corrected chi connectivity index (χ3v) is 5.34. The number of fused-ring (bicyclic) bond motifs is 1. The van der Waals surface area contributed by atoms with E-state index in [2.05, 4.69) is 0 Å². The number of carbonyl (C=O) groups is 1. The molecule has 1 fully saturated rings. The fourth-order valence-electron chi connectivity index (χ4n) is 3.76. The van der Waals surface area contributed by atoms with Gasteiger partial charge in [0.2, 0.25) is 0 Å². The highest BCUT2D eigenvalue weighted by Crippen LogP contribution is 2.26. The Kier molecular flexibility index (Phi) is 4.92. The topological polar surface area (TPSA) is 88.3 Å². The van der Waals surface area contributed by atoms with Crippen LogP contribution in [0.3, 0.4) is 0 Å². The average Bonchev–Trinajstić information content (AvgIpc) is 3.22. The molecule has 146 valence electrons. The van der Waals surface area contributed by atoms with Crippen LogP contribution in [0, 0.1) is 0 Å². The van der Waals surface area contributed by atoms with E-state index in [1.807, 2.05) is 13.0 Å². The number of piperazine rings is 1. The number of benzene rings is 1. The van der Waals surface area contributed by atoms with E-state index < -0.39 is 5.63 Å². The summed E-state index contributed by atoms with van der Waals surface area (Å²) < 4.78 is 10.5. The van der Waals surface area contributed by atoms with Gasteiger partial charge in [-0.15, -0.1) is 0 Å². The molecule has 2 aromatic heterocycles. The number of carbonyl (C=O) groups excluding carboxylic acids is 1. The van der Waals surface area contributed by atoms with Crippen molar-refractivity contribution < 1.29 is 23.6 Å². The van der Waals surface area contributed by atoms with Gasteiger partial charge in [-0.25, -0.2) is 4.79 Å². The second-order valence-electron chi connectivity index (χ2n) is 7.12. The van der Waals surface area contributed by atoms with Crippen molar-refractivity contribution in [3.8, 4) is 5.75 Å². The maximum absolute atomic E-state index is 12.4. The first kappa shape index (κ1) is 18.3. The Bertz CT molecular complexity index is 1050. The van der Waals surface area contributed by atoms with Crippen molar-refractivity contribution in [1.82, 2.24) is 4.90 Å². The largest absolute Gasteiger partial charge is 0.508 e. The first-order valence-corrected chi connectivity index (χ1v) is 9.50. The Morgan fingerprint density at radius 3 is 2.68 bits per heavy atom. The van der Waals surface area contributed by atoms with Crippen LogP contribution in [0.1, 0.15) is 28.6 Å². The summed E-state index contributed by atoms with van der Waals surface area (Å²) in [5.74, 6) is 0.424. The number of quaternary nitrogens is 1. The highest BCUT2D eigenvalue weighted by Gasteiger charge is 2.26. The maximum atomic E-state index is 12.4. The lowest BCUT2D eigenvalue weighted by atomic mass is 10.0. The predicted octanol–water partition coefficient (Wildman–Crippen LogP) is 1.19. The molecule has 7 nitrogen and oxygen atoms in total. The molecular weight excluding hydrogens is 360 g/mol. The second kappa shape index (κ2) is 7.52. The lowest BCUT2D eigenvalue weighted by molar-refractivity contribution is -0.917. The Morgan fingerprint density at radius 1 is 1.21 bits per heavy atom. The molecule has 0 radical (unpaired) electrons. The maximum Gasteiger partial charge on any atom is 0.336 e. The Balaban J connectivity index is 1.51. The number of aryl methyl sites for hydroxylation is 1. The molecule has 0 spiro atoms. The molecule has 7 heteroatoms. The lowest BCUT2D eigenvalue weighted by Crippen LogP contribution is -3.13. The molecule has 2 N–H and O–H groups in total. The number of phenols is 1. The van der Waals surface area contributed by atoms with Gasteiger partial charge < -0.3 is 23.7 Å². The van der Waals surface area contributed by atoms with Gasteiger partial charge in [-0.2, -0.15) is 0 Å². The van der Waals surface area contributed by atoms with Crippen LogP contribution < -0.4 is 10.5 Å². The number of phenolic OH excluding ortho intramolecular Hbond substituents is 1. The first-order valence-electron chi connectivity index (χ1n) is 9.50. The summed E-state index contributed by atoms with van der Waals surface area (Å²) in [5, 5.41) is 10.9. The van der Waals surface area contributed by atoms with Gasteiger partial charge >= 0.3 is 5.63 Å². The van der Waals surface area contributed by atoms with Gasteiger partial charge in [0.05, 0.1) is 32.4 Å². The third-order valence-electron chi connectivity index (χ3n) is 5.34. The van der Waals surface area contributed by atoms with Crippen LogP contribution >= 0.6 is 0 Å². The zero-order valence-corrected chi connectivity index (χ0v) is 15.7. The summed E-state index contributed by atoms with van der Waals surface area (Å²) in [6.07, 6.45) is 2.20. The Morgan fingerprint density at radius 2 is 2.00 bits per heavy atom. The summed E-state index contributed by atoms with van der Waals surface area (Å²) >= 11 is 0. The number of amides is 1. The molecular formula is C21H23N2O5+. The monoisotopic (exact) mass is 383 g/mol. The van der Waals surface area contributed by atoms with Crippen LogP contribution in [0.5, 0.6) is 5.75 Å². The number of nitrogens with zero attached hydrogens (tertiary/aromatic N) is 1.